The predicted octanol–water partition coefficient (Wildman–Crippen LogP) is 1.95. The molecule has 0 saturated carbocycles. The fourth-order valence-corrected chi connectivity index (χ4v) is 2.14. The van der Waals surface area contributed by atoms with E-state index in [1.807, 2.05) is 0 Å². The third-order valence-electron chi connectivity index (χ3n) is 1.45. The molecule has 66 valence electrons. The molecule has 1 nitrogen and oxygen atoms in total. The summed E-state index contributed by atoms with van der Waals surface area (Å²) in [7, 11) is -0.520. The van der Waals surface area contributed by atoms with E-state index in [1.54, 1.807) is 0 Å². The Morgan fingerprint density at radius 3 is 1.64 bits per heavy atom. The van der Waals surface area contributed by atoms with Crippen LogP contribution in [0.2, 0.25) is 0 Å². The molecule has 0 aromatic rings. The van der Waals surface area contributed by atoms with Crippen molar-refractivity contribution in [1.29, 1.82) is 0 Å². The van der Waals surface area contributed by atoms with E-state index < -0.39 is 10.8 Å². The van der Waals surface area contributed by atoms with Gasteiger partial charge < -0.3 is 0 Å². The van der Waals surface area contributed by atoms with Crippen LogP contribution in [-0.4, -0.2) is 39.6 Å². The van der Waals surface area contributed by atoms with E-state index >= 15 is 0 Å². The zero-order chi connectivity index (χ0) is 7.82. The number of hydrogen-bond donors (Lipinski definition) is 0. The normalized spacial score (nSPS) is 9.73. The fourth-order valence-electron chi connectivity index (χ4n) is 0.713. The van der Waals surface area contributed by atoms with Gasteiger partial charge in [-0.3, -0.25) is 4.21 Å². The van der Waals surface area contributed by atoms with Gasteiger partial charge in [-0.05, 0) is 12.8 Å². The molecule has 0 unspecified atom stereocenters. The molecule has 0 aromatic heterocycles. The first-order chi connectivity index (χ1) is 4.81. The third-order valence-corrected chi connectivity index (χ3v) is 2.94. The van der Waals surface area contributed by atoms with Crippen LogP contribution in [0.25, 0.3) is 0 Å². The Morgan fingerprint density at radius 2 is 1.36 bits per heavy atom. The molecule has 0 bridgehead atoms. The second-order valence-corrected chi connectivity index (χ2v) is 4.25. The first-order valence-electron chi connectivity index (χ1n) is 4.16. The largest absolute Gasteiger partial charge is 0.260 e. The first-order valence-corrected chi connectivity index (χ1v) is 5.65. The summed E-state index contributed by atoms with van der Waals surface area (Å²) in [6.07, 6.45) is 4.57. The van der Waals surface area contributed by atoms with Gasteiger partial charge in [0.1, 0.15) is 0 Å². The van der Waals surface area contributed by atoms with Gasteiger partial charge in [0.25, 0.3) is 0 Å². The molecule has 0 aliphatic rings. The van der Waals surface area contributed by atoms with Crippen LogP contribution in [0.15, 0.2) is 0 Å². The van der Waals surface area contributed by atoms with Crippen LogP contribution in [0.5, 0.6) is 0 Å². The van der Waals surface area contributed by atoms with Gasteiger partial charge >= 0.3 is 0 Å². The van der Waals surface area contributed by atoms with Crippen molar-refractivity contribution in [2.75, 3.05) is 11.5 Å². The summed E-state index contributed by atoms with van der Waals surface area (Å²) < 4.78 is 11.1. The maximum atomic E-state index is 11.1. The minimum atomic E-state index is -0.520. The molecule has 0 fully saturated rings. The van der Waals surface area contributed by atoms with Crippen LogP contribution in [0.4, 0.5) is 0 Å². The summed E-state index contributed by atoms with van der Waals surface area (Å²) in [5.41, 5.74) is 0. The van der Waals surface area contributed by atoms with E-state index in [9.17, 15) is 4.21 Å². The van der Waals surface area contributed by atoms with Crippen molar-refractivity contribution >= 4 is 34.7 Å². The summed E-state index contributed by atoms with van der Waals surface area (Å²) in [6, 6.07) is 0. The standard InChI is InChI=1S/C8H18OS.Sn/c1-3-5-7-10(9)8-6-4-2;/h3-8H2,1-2H3;. The Morgan fingerprint density at radius 1 is 1.00 bits per heavy atom. The zero-order valence-corrected chi connectivity index (χ0v) is 11.2. The summed E-state index contributed by atoms with van der Waals surface area (Å²) in [4.78, 5) is 0. The van der Waals surface area contributed by atoms with Crippen molar-refractivity contribution in [2.45, 2.75) is 39.5 Å². The van der Waals surface area contributed by atoms with E-state index in [-0.39, 0.29) is 23.9 Å². The van der Waals surface area contributed by atoms with Crippen molar-refractivity contribution in [2.24, 2.45) is 0 Å². The molecule has 0 N–H and O–H groups in total. The van der Waals surface area contributed by atoms with Gasteiger partial charge in [0.05, 0.1) is 0 Å². The van der Waals surface area contributed by atoms with E-state index in [0.717, 1.165) is 37.2 Å². The van der Waals surface area contributed by atoms with Crippen molar-refractivity contribution in [1.82, 2.24) is 0 Å². The number of rotatable bonds is 6. The molecule has 0 atom stereocenters. The van der Waals surface area contributed by atoms with E-state index in [4.69, 9.17) is 0 Å². The average molecular weight is 281 g/mol. The summed E-state index contributed by atoms with van der Waals surface area (Å²) in [5.74, 6) is 1.83. The van der Waals surface area contributed by atoms with Crippen LogP contribution < -0.4 is 0 Å². The molecule has 4 radical (unpaired) electrons. The topological polar surface area (TPSA) is 17.1 Å². The molecule has 0 heterocycles. The SMILES string of the molecule is CCCCS(=O)CCCC.[Sn]. The minimum Gasteiger partial charge on any atom is -0.260 e. The van der Waals surface area contributed by atoms with Gasteiger partial charge in [0, 0.05) is 46.2 Å². The van der Waals surface area contributed by atoms with Gasteiger partial charge in [-0.25, -0.2) is 0 Å². The molecule has 11 heavy (non-hydrogen) atoms. The number of unbranched alkanes of at least 4 members (excludes halogenated alkanes) is 2. The molecule has 0 spiro atoms. The Kier molecular flexibility index (Phi) is 14.4. The van der Waals surface area contributed by atoms with E-state index in [2.05, 4.69) is 13.8 Å². The van der Waals surface area contributed by atoms with Crippen LogP contribution in [0, 0.1) is 0 Å². The van der Waals surface area contributed by atoms with E-state index in [0.29, 0.717) is 0 Å². The molecule has 0 rings (SSSR count). The smallest absolute Gasteiger partial charge is 0.0234 e. The monoisotopic (exact) mass is 282 g/mol. The van der Waals surface area contributed by atoms with Crippen LogP contribution >= 0.6 is 0 Å². The quantitative estimate of drug-likeness (QED) is 0.680. The van der Waals surface area contributed by atoms with Crippen molar-refractivity contribution in [3.8, 4) is 0 Å². The summed E-state index contributed by atoms with van der Waals surface area (Å²) >= 11 is 0. The van der Waals surface area contributed by atoms with Crippen molar-refractivity contribution < 1.29 is 4.21 Å². The maximum Gasteiger partial charge on any atom is 0.0234 e. The fraction of sp³-hybridized carbons (Fsp3) is 1.00. The van der Waals surface area contributed by atoms with E-state index in [1.165, 1.54) is 0 Å². The first kappa shape index (κ1) is 14.5. The van der Waals surface area contributed by atoms with Gasteiger partial charge in [-0.1, -0.05) is 26.7 Å². The molecule has 0 aliphatic carbocycles. The predicted molar refractivity (Wildman–Crippen MR) is 53.4 cm³/mol. The van der Waals surface area contributed by atoms with Crippen molar-refractivity contribution in [3.05, 3.63) is 0 Å². The third kappa shape index (κ3) is 10.9. The summed E-state index contributed by atoms with van der Waals surface area (Å²) in [6.45, 7) is 4.27. The average Bonchev–Trinajstić information content (AvgIpc) is 1.97. The van der Waals surface area contributed by atoms with Crippen LogP contribution in [-0.2, 0) is 10.8 Å². The van der Waals surface area contributed by atoms with Gasteiger partial charge in [-0.2, -0.15) is 0 Å². The van der Waals surface area contributed by atoms with Gasteiger partial charge in [0.15, 0.2) is 0 Å². The maximum absolute atomic E-state index is 11.1. The number of hydrogen-bond acceptors (Lipinski definition) is 1. The molecule has 0 saturated heterocycles. The Bertz CT molecular complexity index is 86.1. The second kappa shape index (κ2) is 10.9. The van der Waals surface area contributed by atoms with Gasteiger partial charge in [-0.15, -0.1) is 0 Å². The molecule has 0 aromatic carbocycles. The van der Waals surface area contributed by atoms with Crippen LogP contribution in [0.3, 0.4) is 0 Å². The minimum absolute atomic E-state index is 0. The van der Waals surface area contributed by atoms with Crippen molar-refractivity contribution in [3.63, 3.8) is 0 Å². The van der Waals surface area contributed by atoms with Crippen LogP contribution in [0.1, 0.15) is 39.5 Å². The molecule has 3 heteroatoms. The zero-order valence-electron chi connectivity index (χ0n) is 7.56. The summed E-state index contributed by atoms with van der Waals surface area (Å²) in [5, 5.41) is 0. The Balaban J connectivity index is 0. The Hall–Kier alpha value is 0.949. The van der Waals surface area contributed by atoms with Gasteiger partial charge in [0.2, 0.25) is 0 Å². The molecule has 0 aliphatic heterocycles. The molecular weight excluding hydrogens is 263 g/mol. The molecular formula is C8H18OSSn. The second-order valence-electron chi connectivity index (χ2n) is 2.56. The molecule has 0 amide bonds. The Labute approximate surface area is 89.7 Å².